The van der Waals surface area contributed by atoms with Crippen molar-refractivity contribution in [2.45, 2.75) is 25.9 Å². The second kappa shape index (κ2) is 8.59. The number of carboxylic acid groups (broad SMARTS) is 1. The van der Waals surface area contributed by atoms with Crippen molar-refractivity contribution in [1.82, 2.24) is 9.97 Å². The molecular weight excluding hydrogens is 409 g/mol. The van der Waals surface area contributed by atoms with Gasteiger partial charge in [0, 0.05) is 12.1 Å². The summed E-state index contributed by atoms with van der Waals surface area (Å²) in [5.41, 5.74) is 2.76. The van der Waals surface area contributed by atoms with Crippen molar-refractivity contribution in [1.29, 1.82) is 0 Å². The minimum Gasteiger partial charge on any atom is -0.489 e. The zero-order valence-corrected chi connectivity index (χ0v) is 16.2. The van der Waals surface area contributed by atoms with Gasteiger partial charge in [0.2, 0.25) is 0 Å². The molecule has 4 rings (SSSR count). The molecule has 0 atom stereocenters. The molecule has 0 amide bonds. The number of carbonyl (C=O) groups is 1. The molecule has 1 aromatic heterocycles. The van der Waals surface area contributed by atoms with Crippen LogP contribution in [-0.4, -0.2) is 21.0 Å². The highest BCUT2D eigenvalue weighted by atomic mass is 19.1. The Morgan fingerprint density at radius 3 is 2.52 bits per heavy atom. The van der Waals surface area contributed by atoms with Crippen molar-refractivity contribution >= 4 is 17.1 Å². The second-order valence-corrected chi connectivity index (χ2v) is 7.07. The van der Waals surface area contributed by atoms with E-state index >= 15 is 0 Å². The maximum atomic E-state index is 13.8. The average Bonchev–Trinajstić information content (AvgIpc) is 3.23. The van der Waals surface area contributed by atoms with Crippen LogP contribution in [0.5, 0.6) is 5.75 Å². The number of allylic oxidation sites excluding steroid dienone is 2. The molecule has 0 spiro atoms. The summed E-state index contributed by atoms with van der Waals surface area (Å²) in [6.07, 6.45) is 5.10. The van der Waals surface area contributed by atoms with Crippen LogP contribution in [0, 0.1) is 17.5 Å². The van der Waals surface area contributed by atoms with Gasteiger partial charge in [-0.25, -0.2) is 22.9 Å². The highest BCUT2D eigenvalue weighted by molar-refractivity contribution is 5.93. The molecule has 0 saturated heterocycles. The normalized spacial score (nSPS) is 13.5. The number of benzene rings is 2. The summed E-state index contributed by atoms with van der Waals surface area (Å²) in [5, 5.41) is 9.17. The standard InChI is InChI=1S/C23H17F3N2O3/c24-14-8-19(25)18(20(26)9-14)12-31-15-4-1-3-13(7-15)16-5-2-6-17(16)21-10-27-11-22(28-21)23(29)30/h1,3-4,7-11H,2,5-6,12H2,(H,29,30). The van der Waals surface area contributed by atoms with Gasteiger partial charge in [-0.3, -0.25) is 4.98 Å². The fraction of sp³-hybridized carbons (Fsp3) is 0.174. The molecule has 2 aromatic carbocycles. The lowest BCUT2D eigenvalue weighted by molar-refractivity contribution is 0.0690. The van der Waals surface area contributed by atoms with Gasteiger partial charge < -0.3 is 9.84 Å². The van der Waals surface area contributed by atoms with E-state index in [1.165, 1.54) is 12.4 Å². The number of hydrogen-bond acceptors (Lipinski definition) is 4. The van der Waals surface area contributed by atoms with Crippen LogP contribution in [-0.2, 0) is 6.61 Å². The predicted octanol–water partition coefficient (Wildman–Crippen LogP) is 5.27. The molecular formula is C23H17F3N2O3. The van der Waals surface area contributed by atoms with Crippen molar-refractivity contribution in [2.75, 3.05) is 0 Å². The Labute approximate surface area is 175 Å². The van der Waals surface area contributed by atoms with Crippen LogP contribution in [0.15, 0.2) is 48.8 Å². The second-order valence-electron chi connectivity index (χ2n) is 7.07. The first-order valence-corrected chi connectivity index (χ1v) is 9.57. The Hall–Kier alpha value is -3.68. The molecule has 0 fully saturated rings. The zero-order chi connectivity index (χ0) is 22.0. The molecule has 158 valence electrons. The van der Waals surface area contributed by atoms with Crippen LogP contribution in [0.3, 0.4) is 0 Å². The molecule has 0 saturated carbocycles. The molecule has 0 bridgehead atoms. The van der Waals surface area contributed by atoms with Gasteiger partial charge in [0.25, 0.3) is 0 Å². The third kappa shape index (κ3) is 4.42. The first kappa shape index (κ1) is 20.6. The minimum absolute atomic E-state index is 0.128. The molecule has 31 heavy (non-hydrogen) atoms. The largest absolute Gasteiger partial charge is 0.489 e. The van der Waals surface area contributed by atoms with Crippen molar-refractivity contribution in [3.05, 3.63) is 88.8 Å². The van der Waals surface area contributed by atoms with Gasteiger partial charge in [-0.05, 0) is 48.1 Å². The minimum atomic E-state index is -1.15. The van der Waals surface area contributed by atoms with E-state index < -0.39 is 23.4 Å². The van der Waals surface area contributed by atoms with Crippen LogP contribution >= 0.6 is 0 Å². The Bertz CT molecular complexity index is 1170. The number of halogens is 3. The number of aromatic carboxylic acids is 1. The quantitative estimate of drug-likeness (QED) is 0.582. The van der Waals surface area contributed by atoms with Crippen molar-refractivity contribution in [2.24, 2.45) is 0 Å². The maximum absolute atomic E-state index is 13.8. The molecule has 1 N–H and O–H groups in total. The predicted molar refractivity (Wildman–Crippen MR) is 107 cm³/mol. The lowest BCUT2D eigenvalue weighted by Gasteiger charge is -2.12. The van der Waals surface area contributed by atoms with E-state index in [1.54, 1.807) is 18.2 Å². The number of ether oxygens (including phenoxy) is 1. The zero-order valence-electron chi connectivity index (χ0n) is 16.2. The van der Waals surface area contributed by atoms with Gasteiger partial charge in [-0.15, -0.1) is 0 Å². The summed E-state index contributed by atoms with van der Waals surface area (Å²) >= 11 is 0. The molecule has 1 heterocycles. The van der Waals surface area contributed by atoms with E-state index in [9.17, 15) is 18.0 Å². The number of aromatic nitrogens is 2. The Balaban J connectivity index is 1.61. The van der Waals surface area contributed by atoms with Crippen LogP contribution < -0.4 is 4.74 Å². The molecule has 0 radical (unpaired) electrons. The van der Waals surface area contributed by atoms with Gasteiger partial charge in [-0.2, -0.15) is 0 Å². The fourth-order valence-electron chi connectivity index (χ4n) is 3.60. The number of rotatable bonds is 6. The van der Waals surface area contributed by atoms with Crippen molar-refractivity contribution < 1.29 is 27.8 Å². The van der Waals surface area contributed by atoms with Crippen molar-refractivity contribution in [3.8, 4) is 5.75 Å². The van der Waals surface area contributed by atoms with E-state index in [4.69, 9.17) is 9.84 Å². The van der Waals surface area contributed by atoms with Crippen LogP contribution in [0.1, 0.15) is 46.6 Å². The van der Waals surface area contributed by atoms with Gasteiger partial charge >= 0.3 is 5.97 Å². The Kier molecular flexibility index (Phi) is 5.70. The molecule has 1 aliphatic carbocycles. The van der Waals surface area contributed by atoms with Gasteiger partial charge in [0.15, 0.2) is 5.69 Å². The summed E-state index contributed by atoms with van der Waals surface area (Å²) in [7, 11) is 0. The molecule has 8 heteroatoms. The van der Waals surface area contributed by atoms with Crippen LogP contribution in [0.25, 0.3) is 11.1 Å². The van der Waals surface area contributed by atoms with Crippen molar-refractivity contribution in [3.63, 3.8) is 0 Å². The molecule has 3 aromatic rings. The molecule has 0 unspecified atom stereocenters. The lowest BCUT2D eigenvalue weighted by Crippen LogP contribution is -2.04. The lowest BCUT2D eigenvalue weighted by atomic mass is 10.00. The number of nitrogens with zero attached hydrogens (tertiary/aromatic N) is 2. The van der Waals surface area contributed by atoms with Crippen LogP contribution in [0.2, 0.25) is 0 Å². The van der Waals surface area contributed by atoms with E-state index in [0.29, 0.717) is 23.6 Å². The highest BCUT2D eigenvalue weighted by Gasteiger charge is 2.21. The Morgan fingerprint density at radius 1 is 1.03 bits per heavy atom. The van der Waals surface area contributed by atoms with E-state index in [0.717, 1.165) is 36.0 Å². The average molecular weight is 426 g/mol. The van der Waals surface area contributed by atoms with E-state index in [1.807, 2.05) is 6.07 Å². The summed E-state index contributed by atoms with van der Waals surface area (Å²) in [6, 6.07) is 8.25. The fourth-order valence-corrected chi connectivity index (χ4v) is 3.60. The van der Waals surface area contributed by atoms with Gasteiger partial charge in [0.1, 0.15) is 29.8 Å². The summed E-state index contributed by atoms with van der Waals surface area (Å²) in [6.45, 7) is -0.389. The number of hydrogen-bond donors (Lipinski definition) is 1. The first-order chi connectivity index (χ1) is 14.9. The Morgan fingerprint density at radius 2 is 1.77 bits per heavy atom. The molecule has 0 aliphatic heterocycles. The third-order valence-electron chi connectivity index (χ3n) is 5.05. The first-order valence-electron chi connectivity index (χ1n) is 9.57. The smallest absolute Gasteiger partial charge is 0.356 e. The van der Waals surface area contributed by atoms with Gasteiger partial charge in [0.05, 0.1) is 23.7 Å². The maximum Gasteiger partial charge on any atom is 0.356 e. The van der Waals surface area contributed by atoms with E-state index in [-0.39, 0.29) is 17.9 Å². The topological polar surface area (TPSA) is 72.3 Å². The molecule has 5 nitrogen and oxygen atoms in total. The highest BCUT2D eigenvalue weighted by Crippen LogP contribution is 2.39. The monoisotopic (exact) mass is 426 g/mol. The van der Waals surface area contributed by atoms with Crippen LogP contribution in [0.4, 0.5) is 13.2 Å². The van der Waals surface area contributed by atoms with E-state index in [2.05, 4.69) is 9.97 Å². The molecule has 1 aliphatic rings. The third-order valence-corrected chi connectivity index (χ3v) is 5.05. The SMILES string of the molecule is O=C(O)c1cncc(C2=C(c3cccc(OCc4c(F)cc(F)cc4F)c3)CCC2)n1. The summed E-state index contributed by atoms with van der Waals surface area (Å²) < 4.78 is 46.3. The summed E-state index contributed by atoms with van der Waals surface area (Å²) in [4.78, 5) is 19.4. The summed E-state index contributed by atoms with van der Waals surface area (Å²) in [5.74, 6) is -3.76. The number of carboxylic acids is 1. The van der Waals surface area contributed by atoms with Gasteiger partial charge in [-0.1, -0.05) is 12.1 Å².